The molecule has 1 amide bonds. The molecular weight excluding hydrogens is 454 g/mol. The van der Waals surface area contributed by atoms with Crippen molar-refractivity contribution in [2.24, 2.45) is 5.92 Å². The van der Waals surface area contributed by atoms with Gasteiger partial charge in [0.25, 0.3) is 5.91 Å². The molecule has 192 valence electrons. The van der Waals surface area contributed by atoms with Crippen LogP contribution in [0.1, 0.15) is 61.6 Å². The monoisotopic (exact) mass is 491 g/mol. The molecule has 2 aromatic heterocycles. The number of ether oxygens (including phenoxy) is 1. The number of benzene rings is 1. The molecule has 0 spiro atoms. The first kappa shape index (κ1) is 25.7. The number of amides is 1. The van der Waals surface area contributed by atoms with Gasteiger partial charge in [0.1, 0.15) is 5.60 Å². The Hall–Kier alpha value is -3.39. The van der Waals surface area contributed by atoms with Gasteiger partial charge >= 0.3 is 6.09 Å². The molecule has 0 bridgehead atoms. The average Bonchev–Trinajstić information content (AvgIpc) is 3.15. The lowest BCUT2D eigenvalue weighted by molar-refractivity contribution is 0.0539. The zero-order valence-corrected chi connectivity index (χ0v) is 21.9. The minimum absolute atomic E-state index is 0.199. The average molecular weight is 492 g/mol. The summed E-state index contributed by atoms with van der Waals surface area (Å²) in [5.41, 5.74) is 3.28. The number of hydrogen-bond acceptors (Lipinski definition) is 6. The molecule has 1 aromatic carbocycles. The highest BCUT2D eigenvalue weighted by atomic mass is 16.6. The molecule has 2 heterocycles. The number of nitrogens with one attached hydrogen (secondary N) is 2. The summed E-state index contributed by atoms with van der Waals surface area (Å²) in [6, 6.07) is 9.75. The van der Waals surface area contributed by atoms with Gasteiger partial charge in [-0.25, -0.2) is 9.36 Å². The molecule has 8 heteroatoms. The third-order valence-corrected chi connectivity index (χ3v) is 6.44. The Balaban J connectivity index is 1.54. The molecule has 2 N–H and O–H groups in total. The molecule has 0 radical (unpaired) electrons. The lowest BCUT2D eigenvalue weighted by Crippen LogP contribution is -2.31. The number of anilines is 1. The fraction of sp³-hybridized carbons (Fsp3) is 0.464. The molecule has 0 aliphatic heterocycles. The molecule has 4 rings (SSSR count). The SMILES string of the molecule is CN(C)c1cncc(C(=O)NCc2ccc3cc(CNCC4CCC4)n(C(=O)OC(C)(C)C)c3c2)c1. The van der Waals surface area contributed by atoms with Gasteiger partial charge in [-0.2, -0.15) is 0 Å². The molecule has 0 atom stereocenters. The quantitative estimate of drug-likeness (QED) is 0.475. The molecule has 1 saturated carbocycles. The second-order valence-corrected chi connectivity index (χ2v) is 10.8. The highest BCUT2D eigenvalue weighted by Gasteiger charge is 2.23. The summed E-state index contributed by atoms with van der Waals surface area (Å²) in [6.07, 6.45) is 6.72. The number of carbonyl (C=O) groups excluding carboxylic acids is 2. The van der Waals surface area contributed by atoms with E-state index in [0.29, 0.717) is 18.7 Å². The fourth-order valence-corrected chi connectivity index (χ4v) is 4.25. The highest BCUT2D eigenvalue weighted by molar-refractivity contribution is 5.95. The van der Waals surface area contributed by atoms with Crippen molar-refractivity contribution in [2.45, 2.75) is 58.7 Å². The molecule has 1 aliphatic carbocycles. The Kier molecular flexibility index (Phi) is 7.64. The summed E-state index contributed by atoms with van der Waals surface area (Å²) < 4.78 is 7.39. The van der Waals surface area contributed by atoms with Crippen LogP contribution >= 0.6 is 0 Å². The predicted octanol–water partition coefficient (Wildman–Crippen LogP) is 4.71. The van der Waals surface area contributed by atoms with Crippen molar-refractivity contribution in [1.82, 2.24) is 20.2 Å². The van der Waals surface area contributed by atoms with Crippen LogP contribution in [0.15, 0.2) is 42.7 Å². The van der Waals surface area contributed by atoms with Crippen molar-refractivity contribution >= 4 is 28.6 Å². The second-order valence-electron chi connectivity index (χ2n) is 10.8. The summed E-state index contributed by atoms with van der Waals surface area (Å²) in [5.74, 6) is 0.530. The van der Waals surface area contributed by atoms with Crippen LogP contribution in [0.5, 0.6) is 0 Å². The summed E-state index contributed by atoms with van der Waals surface area (Å²) in [7, 11) is 3.82. The van der Waals surface area contributed by atoms with Crippen LogP contribution in [0.2, 0.25) is 0 Å². The van der Waals surface area contributed by atoms with Crippen LogP contribution in [0, 0.1) is 5.92 Å². The highest BCUT2D eigenvalue weighted by Crippen LogP contribution is 2.26. The van der Waals surface area contributed by atoms with E-state index in [2.05, 4.69) is 15.6 Å². The normalized spacial score (nSPS) is 13.9. The van der Waals surface area contributed by atoms with Crippen LogP contribution in [-0.4, -0.2) is 47.8 Å². The largest absolute Gasteiger partial charge is 0.443 e. The van der Waals surface area contributed by atoms with Gasteiger partial charge in [0.15, 0.2) is 0 Å². The van der Waals surface area contributed by atoms with Crippen molar-refractivity contribution in [1.29, 1.82) is 0 Å². The molecular formula is C28H37N5O3. The number of pyridine rings is 1. The maximum absolute atomic E-state index is 13.2. The van der Waals surface area contributed by atoms with Crippen LogP contribution in [0.3, 0.4) is 0 Å². The van der Waals surface area contributed by atoms with Crippen LogP contribution in [0.4, 0.5) is 10.5 Å². The lowest BCUT2D eigenvalue weighted by Gasteiger charge is -2.25. The summed E-state index contributed by atoms with van der Waals surface area (Å²) >= 11 is 0. The Labute approximate surface area is 213 Å². The molecule has 1 aliphatic rings. The Morgan fingerprint density at radius 2 is 1.89 bits per heavy atom. The van der Waals surface area contributed by atoms with Crippen molar-refractivity contribution in [2.75, 3.05) is 25.5 Å². The summed E-state index contributed by atoms with van der Waals surface area (Å²) in [5, 5.41) is 7.43. The van der Waals surface area contributed by atoms with Gasteiger partial charge in [0.2, 0.25) is 0 Å². The first-order valence-electron chi connectivity index (χ1n) is 12.6. The molecule has 36 heavy (non-hydrogen) atoms. The van der Waals surface area contributed by atoms with Gasteiger partial charge in [0, 0.05) is 44.5 Å². The fourth-order valence-electron chi connectivity index (χ4n) is 4.25. The Bertz CT molecular complexity index is 1240. The van der Waals surface area contributed by atoms with Crippen molar-refractivity contribution in [3.63, 3.8) is 0 Å². The number of aromatic nitrogens is 2. The van der Waals surface area contributed by atoms with Crippen LogP contribution in [0.25, 0.3) is 10.9 Å². The minimum atomic E-state index is -0.606. The maximum atomic E-state index is 13.2. The molecule has 0 saturated heterocycles. The second kappa shape index (κ2) is 10.7. The number of nitrogens with zero attached hydrogens (tertiary/aromatic N) is 3. The van der Waals surface area contributed by atoms with E-state index in [0.717, 1.165) is 40.3 Å². The third-order valence-electron chi connectivity index (χ3n) is 6.44. The first-order valence-corrected chi connectivity index (χ1v) is 12.6. The van der Waals surface area contributed by atoms with Gasteiger partial charge in [-0.3, -0.25) is 9.78 Å². The zero-order chi connectivity index (χ0) is 25.9. The molecule has 8 nitrogen and oxygen atoms in total. The van der Waals surface area contributed by atoms with Crippen LogP contribution < -0.4 is 15.5 Å². The van der Waals surface area contributed by atoms with E-state index in [-0.39, 0.29) is 5.91 Å². The Morgan fingerprint density at radius 3 is 2.56 bits per heavy atom. The topological polar surface area (TPSA) is 88.5 Å². The van der Waals surface area contributed by atoms with E-state index in [1.807, 2.05) is 70.1 Å². The number of rotatable bonds is 8. The standard InChI is InChI=1S/C28H37N5O3/c1-28(2,3)36-27(35)33-24(18-29-14-19-7-6-8-19)12-21-10-9-20(11-25(21)33)15-31-26(34)22-13-23(32(4)5)17-30-16-22/h9-13,16-17,19,29H,6-8,14-15,18H2,1-5H3,(H,31,34). The van der Waals surface area contributed by atoms with Crippen molar-refractivity contribution in [3.05, 3.63) is 59.5 Å². The lowest BCUT2D eigenvalue weighted by atomic mass is 9.85. The van der Waals surface area contributed by atoms with E-state index in [9.17, 15) is 9.59 Å². The smallest absolute Gasteiger partial charge is 0.419 e. The summed E-state index contributed by atoms with van der Waals surface area (Å²) in [6.45, 7) is 7.48. The predicted molar refractivity (Wildman–Crippen MR) is 142 cm³/mol. The van der Waals surface area contributed by atoms with Gasteiger partial charge in [-0.1, -0.05) is 18.6 Å². The molecule has 0 unspecified atom stereocenters. The van der Waals surface area contributed by atoms with Gasteiger partial charge in [-0.05, 0) is 69.8 Å². The number of carbonyl (C=O) groups is 2. The summed E-state index contributed by atoms with van der Waals surface area (Å²) in [4.78, 5) is 32.0. The van der Waals surface area contributed by atoms with E-state index in [4.69, 9.17) is 4.74 Å². The Morgan fingerprint density at radius 1 is 1.11 bits per heavy atom. The number of hydrogen-bond donors (Lipinski definition) is 2. The van der Waals surface area contributed by atoms with Crippen molar-refractivity contribution < 1.29 is 14.3 Å². The maximum Gasteiger partial charge on any atom is 0.419 e. The van der Waals surface area contributed by atoms with Gasteiger partial charge < -0.3 is 20.3 Å². The van der Waals surface area contributed by atoms with E-state index in [1.54, 1.807) is 17.0 Å². The molecule has 3 aromatic rings. The minimum Gasteiger partial charge on any atom is -0.443 e. The van der Waals surface area contributed by atoms with Crippen molar-refractivity contribution in [3.8, 4) is 0 Å². The van der Waals surface area contributed by atoms with E-state index >= 15 is 0 Å². The first-order chi connectivity index (χ1) is 17.1. The zero-order valence-electron chi connectivity index (χ0n) is 21.9. The number of fused-ring (bicyclic) bond motifs is 1. The van der Waals surface area contributed by atoms with Gasteiger partial charge in [0.05, 0.1) is 23.0 Å². The van der Waals surface area contributed by atoms with E-state index in [1.165, 1.54) is 19.3 Å². The van der Waals surface area contributed by atoms with Crippen LogP contribution in [-0.2, 0) is 17.8 Å². The van der Waals surface area contributed by atoms with E-state index < -0.39 is 11.7 Å². The molecule has 1 fully saturated rings. The third kappa shape index (κ3) is 6.23. The van der Waals surface area contributed by atoms with Gasteiger partial charge in [-0.15, -0.1) is 0 Å².